The van der Waals surface area contributed by atoms with E-state index < -0.39 is 5.41 Å². The van der Waals surface area contributed by atoms with Gasteiger partial charge in [0.15, 0.2) is 11.5 Å². The van der Waals surface area contributed by atoms with Gasteiger partial charge in [-0.05, 0) is 29.8 Å². The van der Waals surface area contributed by atoms with Crippen LogP contribution in [0.15, 0.2) is 52.9 Å². The lowest BCUT2D eigenvalue weighted by molar-refractivity contribution is -0.122. The zero-order valence-electron chi connectivity index (χ0n) is 14.5. The first-order valence-electron chi connectivity index (χ1n) is 8.64. The number of nitrogens with zero attached hydrogens (tertiary/aromatic N) is 2. The van der Waals surface area contributed by atoms with Gasteiger partial charge in [-0.3, -0.25) is 4.79 Å². The first-order valence-corrected chi connectivity index (χ1v) is 8.64. The van der Waals surface area contributed by atoms with Crippen LogP contribution in [0.2, 0.25) is 0 Å². The molecule has 1 aromatic heterocycles. The second-order valence-electron chi connectivity index (χ2n) is 6.82. The lowest BCUT2D eigenvalue weighted by Crippen LogP contribution is -2.42. The second kappa shape index (κ2) is 5.54. The van der Waals surface area contributed by atoms with Crippen LogP contribution in [0.1, 0.15) is 22.6 Å². The van der Waals surface area contributed by atoms with Gasteiger partial charge in [0.25, 0.3) is 0 Å². The van der Waals surface area contributed by atoms with E-state index in [2.05, 4.69) is 0 Å². The van der Waals surface area contributed by atoms with Gasteiger partial charge in [-0.15, -0.1) is 0 Å². The van der Waals surface area contributed by atoms with Gasteiger partial charge in [0.1, 0.15) is 29.6 Å². The number of aromatic hydroxyl groups is 2. The third-order valence-corrected chi connectivity index (χ3v) is 5.33. The van der Waals surface area contributed by atoms with Gasteiger partial charge in [0.2, 0.25) is 11.7 Å². The van der Waals surface area contributed by atoms with Gasteiger partial charge in [-0.25, -0.2) is 0 Å². The van der Waals surface area contributed by atoms with Crippen LogP contribution in [0.5, 0.6) is 17.2 Å². The zero-order chi connectivity index (χ0) is 19.5. The van der Waals surface area contributed by atoms with Crippen molar-refractivity contribution >= 4 is 11.6 Å². The number of furan rings is 1. The van der Waals surface area contributed by atoms with E-state index in [0.717, 1.165) is 5.56 Å². The van der Waals surface area contributed by atoms with E-state index in [1.807, 2.05) is 30.3 Å². The lowest BCUT2D eigenvalue weighted by Gasteiger charge is -2.22. The topological polar surface area (TPSA) is 107 Å². The van der Waals surface area contributed by atoms with Crippen LogP contribution in [0.25, 0.3) is 0 Å². The number of para-hydroxylation sites is 1. The molecule has 2 aliphatic heterocycles. The first-order chi connectivity index (χ1) is 13.5. The number of amides is 1. The number of phenolic OH excluding ortho intramolecular Hbond substituents is 2. The molecule has 1 spiro atoms. The Balaban J connectivity index is 1.65. The standard InChI is InChI=1S/C21H14N2O5/c22-9-12-5-6-13(28-12)10-23-16-4-2-1-3-14(16)21(20(23)26)11-27-19-8-18(25)17(24)7-15(19)21/h1-8,24-25H,10-11H2. The summed E-state index contributed by atoms with van der Waals surface area (Å²) in [5.41, 5.74) is 0.879. The highest BCUT2D eigenvalue weighted by Crippen LogP contribution is 2.54. The minimum Gasteiger partial charge on any atom is -0.504 e. The molecule has 1 amide bonds. The highest BCUT2D eigenvalue weighted by Gasteiger charge is 2.57. The number of anilines is 1. The Hall–Kier alpha value is -3.92. The Morgan fingerprint density at radius 3 is 2.68 bits per heavy atom. The van der Waals surface area contributed by atoms with Crippen molar-refractivity contribution in [3.8, 4) is 23.3 Å². The van der Waals surface area contributed by atoms with Gasteiger partial charge >= 0.3 is 0 Å². The fourth-order valence-electron chi connectivity index (χ4n) is 4.03. The number of fused-ring (bicyclic) bond motifs is 4. The normalized spacial score (nSPS) is 19.4. The number of hydrogen-bond donors (Lipinski definition) is 2. The van der Waals surface area contributed by atoms with E-state index in [4.69, 9.17) is 14.4 Å². The lowest BCUT2D eigenvalue weighted by atomic mass is 9.77. The smallest absolute Gasteiger partial charge is 0.246 e. The Kier molecular flexibility index (Phi) is 3.22. The molecule has 3 aromatic rings. The van der Waals surface area contributed by atoms with E-state index in [0.29, 0.717) is 22.8 Å². The van der Waals surface area contributed by atoms with Crippen molar-refractivity contribution in [2.24, 2.45) is 0 Å². The molecule has 3 heterocycles. The molecule has 28 heavy (non-hydrogen) atoms. The van der Waals surface area contributed by atoms with Crippen molar-refractivity contribution in [1.82, 2.24) is 0 Å². The molecule has 1 atom stereocenters. The molecule has 2 aliphatic rings. The number of nitriles is 1. The third-order valence-electron chi connectivity index (χ3n) is 5.33. The molecule has 0 fully saturated rings. The molecule has 5 rings (SSSR count). The summed E-state index contributed by atoms with van der Waals surface area (Å²) in [5.74, 6) is 0.213. The number of ether oxygens (including phenoxy) is 1. The van der Waals surface area contributed by atoms with E-state index in [1.165, 1.54) is 12.1 Å². The molecule has 0 radical (unpaired) electrons. The van der Waals surface area contributed by atoms with Crippen molar-refractivity contribution in [1.29, 1.82) is 5.26 Å². The Bertz CT molecular complexity index is 1180. The minimum absolute atomic E-state index is 0.0686. The van der Waals surface area contributed by atoms with Crippen molar-refractivity contribution in [3.63, 3.8) is 0 Å². The molecule has 1 unspecified atom stereocenters. The first kappa shape index (κ1) is 16.3. The predicted molar refractivity (Wildman–Crippen MR) is 97.1 cm³/mol. The molecule has 2 aromatic carbocycles. The Labute approximate surface area is 159 Å². The Morgan fingerprint density at radius 1 is 1.11 bits per heavy atom. The fourth-order valence-corrected chi connectivity index (χ4v) is 4.03. The number of carbonyl (C=O) groups is 1. The summed E-state index contributed by atoms with van der Waals surface area (Å²) in [6.45, 7) is 0.234. The van der Waals surface area contributed by atoms with Crippen LogP contribution < -0.4 is 9.64 Å². The van der Waals surface area contributed by atoms with Crippen LogP contribution in [0.4, 0.5) is 5.69 Å². The predicted octanol–water partition coefficient (Wildman–Crippen LogP) is 2.79. The molecule has 7 heteroatoms. The fraction of sp³-hybridized carbons (Fsp3) is 0.143. The average Bonchev–Trinajstić information content (AvgIpc) is 3.36. The summed E-state index contributed by atoms with van der Waals surface area (Å²) < 4.78 is 11.2. The van der Waals surface area contributed by atoms with Crippen molar-refractivity contribution in [3.05, 3.63) is 71.2 Å². The van der Waals surface area contributed by atoms with E-state index in [1.54, 1.807) is 17.0 Å². The summed E-state index contributed by atoms with van der Waals surface area (Å²) in [7, 11) is 0. The third kappa shape index (κ3) is 2.00. The van der Waals surface area contributed by atoms with Gasteiger partial charge < -0.3 is 24.3 Å². The number of rotatable bonds is 2. The highest BCUT2D eigenvalue weighted by molar-refractivity contribution is 6.11. The molecule has 0 saturated heterocycles. The quantitative estimate of drug-likeness (QED) is 0.668. The number of hydrogen-bond acceptors (Lipinski definition) is 6. The van der Waals surface area contributed by atoms with E-state index >= 15 is 0 Å². The maximum Gasteiger partial charge on any atom is 0.246 e. The molecule has 138 valence electrons. The van der Waals surface area contributed by atoms with E-state index in [-0.39, 0.29) is 36.3 Å². The summed E-state index contributed by atoms with van der Waals surface area (Å²) in [6.07, 6.45) is 0. The molecule has 0 aliphatic carbocycles. The van der Waals surface area contributed by atoms with Crippen molar-refractivity contribution in [2.45, 2.75) is 12.0 Å². The van der Waals surface area contributed by atoms with E-state index in [9.17, 15) is 15.0 Å². The maximum atomic E-state index is 13.6. The molecule has 0 bridgehead atoms. The monoisotopic (exact) mass is 374 g/mol. The SMILES string of the molecule is N#Cc1ccc(CN2C(=O)C3(COc4cc(O)c(O)cc43)c3ccccc32)o1. The van der Waals surface area contributed by atoms with Crippen molar-refractivity contribution in [2.75, 3.05) is 11.5 Å². The van der Waals surface area contributed by atoms with Crippen LogP contribution >= 0.6 is 0 Å². The van der Waals surface area contributed by atoms with Crippen LogP contribution in [0.3, 0.4) is 0 Å². The summed E-state index contributed by atoms with van der Waals surface area (Å²) in [6, 6.07) is 15.3. The molecule has 7 nitrogen and oxygen atoms in total. The van der Waals surface area contributed by atoms with Gasteiger partial charge in [0, 0.05) is 17.3 Å². The van der Waals surface area contributed by atoms with Gasteiger partial charge in [-0.2, -0.15) is 5.26 Å². The Morgan fingerprint density at radius 2 is 1.89 bits per heavy atom. The molecular weight excluding hydrogens is 360 g/mol. The van der Waals surface area contributed by atoms with Crippen molar-refractivity contribution < 1.29 is 24.2 Å². The summed E-state index contributed by atoms with van der Waals surface area (Å²) in [4.78, 5) is 15.2. The highest BCUT2D eigenvalue weighted by atomic mass is 16.5. The largest absolute Gasteiger partial charge is 0.504 e. The molecular formula is C21H14N2O5. The number of benzene rings is 2. The second-order valence-corrected chi connectivity index (χ2v) is 6.82. The average molecular weight is 374 g/mol. The molecule has 0 saturated carbocycles. The van der Waals surface area contributed by atoms with Crippen LogP contribution in [0, 0.1) is 11.3 Å². The molecule has 2 N–H and O–H groups in total. The zero-order valence-corrected chi connectivity index (χ0v) is 14.5. The van der Waals surface area contributed by atoms with Gasteiger partial charge in [-0.1, -0.05) is 18.2 Å². The number of phenols is 2. The maximum absolute atomic E-state index is 13.6. The number of carbonyl (C=O) groups excluding carboxylic acids is 1. The minimum atomic E-state index is -1.11. The van der Waals surface area contributed by atoms with Crippen LogP contribution in [-0.2, 0) is 16.8 Å². The van der Waals surface area contributed by atoms with Gasteiger partial charge in [0.05, 0.1) is 6.54 Å². The summed E-state index contributed by atoms with van der Waals surface area (Å²) >= 11 is 0. The summed E-state index contributed by atoms with van der Waals surface area (Å²) in [5, 5.41) is 28.8. The van der Waals surface area contributed by atoms with Crippen LogP contribution in [-0.4, -0.2) is 22.7 Å².